The number of unbranched alkanes of at least 4 members (excludes halogenated alkanes) is 2. The Bertz CT molecular complexity index is 722. The molecule has 2 aromatic rings. The van der Waals surface area contributed by atoms with Crippen LogP contribution in [0.25, 0.3) is 6.08 Å². The van der Waals surface area contributed by atoms with Crippen molar-refractivity contribution in [2.24, 2.45) is 0 Å². The van der Waals surface area contributed by atoms with Crippen LogP contribution >= 0.6 is 0 Å². The molecule has 0 saturated carbocycles. The standard InChI is InChI=1S/C21H21NO2/c1-2-3-4-5-17-6-8-18(9-7-17)12-15-21(23)24-20-13-10-19(16-22)11-14-20/h6-15H,2-5H2,1H3. The Labute approximate surface area is 143 Å². The topological polar surface area (TPSA) is 50.1 Å². The first kappa shape index (κ1) is 17.5. The SMILES string of the molecule is CCCCCc1ccc(C=CC(=O)Oc2ccc(C#N)cc2)cc1. The monoisotopic (exact) mass is 319 g/mol. The Morgan fingerprint density at radius 2 is 1.79 bits per heavy atom. The van der Waals surface area contributed by atoms with Gasteiger partial charge in [0.15, 0.2) is 0 Å². The second-order valence-electron chi connectivity index (χ2n) is 5.59. The van der Waals surface area contributed by atoms with E-state index in [0.29, 0.717) is 11.3 Å². The predicted octanol–water partition coefficient (Wildman–Crippen LogP) is 4.91. The Balaban J connectivity index is 1.87. The molecule has 0 fully saturated rings. The molecule has 24 heavy (non-hydrogen) atoms. The van der Waals surface area contributed by atoms with E-state index < -0.39 is 5.97 Å². The third kappa shape index (κ3) is 5.73. The highest BCUT2D eigenvalue weighted by Gasteiger charge is 2.01. The minimum Gasteiger partial charge on any atom is -0.423 e. The molecule has 0 amide bonds. The molecule has 0 aliphatic rings. The lowest BCUT2D eigenvalue weighted by Gasteiger charge is -2.02. The molecule has 0 heterocycles. The molecular weight excluding hydrogens is 298 g/mol. The summed E-state index contributed by atoms with van der Waals surface area (Å²) >= 11 is 0. The Kier molecular flexibility index (Phi) is 6.79. The number of hydrogen-bond acceptors (Lipinski definition) is 3. The van der Waals surface area contributed by atoms with Crippen LogP contribution in [0.5, 0.6) is 5.75 Å². The maximum atomic E-state index is 11.8. The molecule has 0 bridgehead atoms. The molecule has 3 heteroatoms. The van der Waals surface area contributed by atoms with E-state index in [1.807, 2.05) is 18.2 Å². The summed E-state index contributed by atoms with van der Waals surface area (Å²) in [5.41, 5.74) is 2.82. The van der Waals surface area contributed by atoms with E-state index in [1.165, 1.54) is 30.9 Å². The van der Waals surface area contributed by atoms with Crippen molar-refractivity contribution in [3.8, 4) is 11.8 Å². The van der Waals surface area contributed by atoms with E-state index in [4.69, 9.17) is 10.00 Å². The van der Waals surface area contributed by atoms with E-state index in [1.54, 1.807) is 30.3 Å². The second-order valence-corrected chi connectivity index (χ2v) is 5.59. The van der Waals surface area contributed by atoms with E-state index in [9.17, 15) is 4.79 Å². The van der Waals surface area contributed by atoms with Gasteiger partial charge < -0.3 is 4.74 Å². The molecule has 122 valence electrons. The number of carbonyl (C=O) groups excluding carboxylic acids is 1. The summed E-state index contributed by atoms with van der Waals surface area (Å²) in [6.07, 6.45) is 7.93. The molecule has 0 saturated heterocycles. The van der Waals surface area contributed by atoms with Crippen molar-refractivity contribution in [2.75, 3.05) is 0 Å². The number of rotatable bonds is 7. The van der Waals surface area contributed by atoms with Crippen molar-refractivity contribution in [3.63, 3.8) is 0 Å². The van der Waals surface area contributed by atoms with Crippen LogP contribution in [0.1, 0.15) is 42.9 Å². The van der Waals surface area contributed by atoms with Crippen LogP contribution in [0.2, 0.25) is 0 Å². The summed E-state index contributed by atoms with van der Waals surface area (Å²) in [7, 11) is 0. The summed E-state index contributed by atoms with van der Waals surface area (Å²) in [6, 6.07) is 16.7. The van der Waals surface area contributed by atoms with Crippen molar-refractivity contribution in [2.45, 2.75) is 32.6 Å². The highest BCUT2D eigenvalue weighted by molar-refractivity contribution is 5.88. The minimum absolute atomic E-state index is 0.426. The van der Waals surface area contributed by atoms with Crippen molar-refractivity contribution in [1.82, 2.24) is 0 Å². The molecule has 2 aromatic carbocycles. The van der Waals surface area contributed by atoms with E-state index in [2.05, 4.69) is 19.1 Å². The molecule has 3 nitrogen and oxygen atoms in total. The third-order valence-electron chi connectivity index (χ3n) is 3.66. The normalized spacial score (nSPS) is 10.5. The Hall–Kier alpha value is -2.86. The van der Waals surface area contributed by atoms with Gasteiger partial charge in [0.05, 0.1) is 11.6 Å². The molecule has 0 spiro atoms. The number of ether oxygens (including phenoxy) is 1. The molecule has 0 unspecified atom stereocenters. The van der Waals surface area contributed by atoms with Gasteiger partial charge in [0.1, 0.15) is 5.75 Å². The number of aryl methyl sites for hydroxylation is 1. The quantitative estimate of drug-likeness (QED) is 0.315. The van der Waals surface area contributed by atoms with Gasteiger partial charge in [-0.25, -0.2) is 4.79 Å². The molecular formula is C21H21NO2. The number of nitrogens with zero attached hydrogens (tertiary/aromatic N) is 1. The lowest BCUT2D eigenvalue weighted by molar-refractivity contribution is -0.128. The van der Waals surface area contributed by atoms with Crippen LogP contribution in [-0.4, -0.2) is 5.97 Å². The molecule has 0 N–H and O–H groups in total. The summed E-state index contributed by atoms with van der Waals surface area (Å²) in [5, 5.41) is 8.73. The van der Waals surface area contributed by atoms with Gasteiger partial charge in [-0.05, 0) is 54.3 Å². The first-order chi connectivity index (χ1) is 11.7. The third-order valence-corrected chi connectivity index (χ3v) is 3.66. The van der Waals surface area contributed by atoms with Crippen LogP contribution in [0.15, 0.2) is 54.6 Å². The average Bonchev–Trinajstić information content (AvgIpc) is 2.62. The van der Waals surface area contributed by atoms with E-state index in [-0.39, 0.29) is 0 Å². The maximum Gasteiger partial charge on any atom is 0.336 e. The van der Waals surface area contributed by atoms with Crippen molar-refractivity contribution in [1.29, 1.82) is 5.26 Å². The Morgan fingerprint density at radius 3 is 2.42 bits per heavy atom. The smallest absolute Gasteiger partial charge is 0.336 e. The van der Waals surface area contributed by atoms with Crippen LogP contribution < -0.4 is 4.74 Å². The Morgan fingerprint density at radius 1 is 1.08 bits per heavy atom. The summed E-state index contributed by atoms with van der Waals surface area (Å²) in [5.74, 6) is -0.0124. The van der Waals surface area contributed by atoms with Gasteiger partial charge in [-0.1, -0.05) is 44.0 Å². The maximum absolute atomic E-state index is 11.8. The first-order valence-electron chi connectivity index (χ1n) is 8.20. The first-order valence-corrected chi connectivity index (χ1v) is 8.20. The minimum atomic E-state index is -0.438. The van der Waals surface area contributed by atoms with E-state index in [0.717, 1.165) is 12.0 Å². The highest BCUT2D eigenvalue weighted by atomic mass is 16.5. The van der Waals surface area contributed by atoms with Crippen molar-refractivity contribution < 1.29 is 9.53 Å². The number of hydrogen-bond donors (Lipinski definition) is 0. The summed E-state index contributed by atoms with van der Waals surface area (Å²) in [4.78, 5) is 11.8. The molecule has 0 radical (unpaired) electrons. The van der Waals surface area contributed by atoms with Crippen LogP contribution in [-0.2, 0) is 11.2 Å². The van der Waals surface area contributed by atoms with Crippen molar-refractivity contribution >= 4 is 12.0 Å². The lowest BCUT2D eigenvalue weighted by atomic mass is 10.1. The second kappa shape index (κ2) is 9.32. The highest BCUT2D eigenvalue weighted by Crippen LogP contribution is 2.13. The number of nitriles is 1. The van der Waals surface area contributed by atoms with Gasteiger partial charge in [-0.15, -0.1) is 0 Å². The molecule has 0 aliphatic carbocycles. The van der Waals surface area contributed by atoms with Crippen LogP contribution in [0, 0.1) is 11.3 Å². The fourth-order valence-corrected chi connectivity index (χ4v) is 2.29. The zero-order chi connectivity index (χ0) is 17.2. The fourth-order valence-electron chi connectivity index (χ4n) is 2.29. The fraction of sp³-hybridized carbons (Fsp3) is 0.238. The van der Waals surface area contributed by atoms with Gasteiger partial charge in [0, 0.05) is 6.08 Å². The molecule has 2 rings (SSSR count). The average molecular weight is 319 g/mol. The zero-order valence-corrected chi connectivity index (χ0v) is 13.9. The van der Waals surface area contributed by atoms with Crippen molar-refractivity contribution in [3.05, 3.63) is 71.3 Å². The van der Waals surface area contributed by atoms with Gasteiger partial charge in [0.25, 0.3) is 0 Å². The molecule has 0 aliphatic heterocycles. The summed E-state index contributed by atoms with van der Waals surface area (Å²) < 4.78 is 5.19. The lowest BCUT2D eigenvalue weighted by Crippen LogP contribution is -2.03. The number of carbonyl (C=O) groups is 1. The zero-order valence-electron chi connectivity index (χ0n) is 13.9. The number of benzene rings is 2. The van der Waals surface area contributed by atoms with Crippen LogP contribution in [0.4, 0.5) is 0 Å². The summed E-state index contributed by atoms with van der Waals surface area (Å²) in [6.45, 7) is 2.20. The molecule has 0 atom stereocenters. The predicted molar refractivity (Wildman–Crippen MR) is 95.5 cm³/mol. The van der Waals surface area contributed by atoms with E-state index >= 15 is 0 Å². The largest absolute Gasteiger partial charge is 0.423 e. The van der Waals surface area contributed by atoms with Gasteiger partial charge in [-0.2, -0.15) is 5.26 Å². The molecule has 0 aromatic heterocycles. The van der Waals surface area contributed by atoms with Crippen LogP contribution in [0.3, 0.4) is 0 Å². The van der Waals surface area contributed by atoms with Gasteiger partial charge in [0.2, 0.25) is 0 Å². The number of esters is 1. The van der Waals surface area contributed by atoms with Gasteiger partial charge >= 0.3 is 5.97 Å². The van der Waals surface area contributed by atoms with Gasteiger partial charge in [-0.3, -0.25) is 0 Å².